The molecule has 0 radical (unpaired) electrons. The van der Waals surface area contributed by atoms with E-state index in [1.165, 1.54) is 5.56 Å². The monoisotopic (exact) mass is 230 g/mol. The van der Waals surface area contributed by atoms with Crippen LogP contribution in [0.5, 0.6) is 0 Å². The lowest BCUT2D eigenvalue weighted by Crippen LogP contribution is -2.32. The molecule has 0 aromatic heterocycles. The average molecular weight is 230 g/mol. The number of carbonyl (C=O) groups is 1. The minimum absolute atomic E-state index is 0.0166. The van der Waals surface area contributed by atoms with Gasteiger partial charge in [-0.2, -0.15) is 0 Å². The average Bonchev–Trinajstić information content (AvgIpc) is 2.63. The van der Waals surface area contributed by atoms with Crippen LogP contribution >= 0.6 is 0 Å². The van der Waals surface area contributed by atoms with E-state index in [4.69, 9.17) is 0 Å². The third-order valence-electron chi connectivity index (χ3n) is 3.07. The van der Waals surface area contributed by atoms with Gasteiger partial charge in [0.1, 0.15) is 6.54 Å². The number of carbonyl (C=O) groups excluding carboxylic acids is 1. The molecule has 2 aliphatic heterocycles. The Hall–Kier alpha value is -2.04. The van der Waals surface area contributed by atoms with Crippen molar-refractivity contribution in [3.05, 3.63) is 23.8 Å². The third-order valence-corrected chi connectivity index (χ3v) is 3.07. The van der Waals surface area contributed by atoms with Gasteiger partial charge in [-0.15, -0.1) is 0 Å². The lowest BCUT2D eigenvalue weighted by molar-refractivity contribution is -0.118. The predicted molar refractivity (Wildman–Crippen MR) is 66.4 cm³/mol. The number of nitrogens with one attached hydrogen (secondary N) is 1. The maximum atomic E-state index is 11.3. The number of nitrogens with zero attached hydrogens (tertiary/aromatic N) is 3. The van der Waals surface area contributed by atoms with Gasteiger partial charge in [-0.1, -0.05) is 6.07 Å². The Bertz CT molecular complexity index is 521. The zero-order chi connectivity index (χ0) is 12.0. The Morgan fingerprint density at radius 1 is 1.35 bits per heavy atom. The van der Waals surface area contributed by atoms with Crippen molar-refractivity contribution in [3.8, 4) is 0 Å². The van der Waals surface area contributed by atoms with Crippen LogP contribution in [0.2, 0.25) is 0 Å². The van der Waals surface area contributed by atoms with Gasteiger partial charge in [0.25, 0.3) is 0 Å². The minimum Gasteiger partial charge on any atom is -0.377 e. The summed E-state index contributed by atoms with van der Waals surface area (Å²) in [6.07, 6.45) is 0. The van der Waals surface area contributed by atoms with Gasteiger partial charge in [0.05, 0.1) is 12.2 Å². The summed E-state index contributed by atoms with van der Waals surface area (Å²) in [6, 6.07) is 6.05. The summed E-state index contributed by atoms with van der Waals surface area (Å²) >= 11 is 0. The maximum Gasteiger partial charge on any atom is 0.246 e. The first-order valence-corrected chi connectivity index (χ1v) is 5.58. The Morgan fingerprint density at radius 3 is 2.94 bits per heavy atom. The van der Waals surface area contributed by atoms with Crippen molar-refractivity contribution in [2.24, 2.45) is 4.99 Å². The van der Waals surface area contributed by atoms with Crippen LogP contribution in [-0.2, 0) is 11.3 Å². The molecule has 1 N–H and O–H groups in total. The van der Waals surface area contributed by atoms with Gasteiger partial charge in [-0.3, -0.25) is 10.1 Å². The van der Waals surface area contributed by atoms with Gasteiger partial charge >= 0.3 is 0 Å². The summed E-state index contributed by atoms with van der Waals surface area (Å²) in [7, 11) is 4.03. The Morgan fingerprint density at radius 2 is 2.18 bits per heavy atom. The summed E-state index contributed by atoms with van der Waals surface area (Å²) in [6.45, 7) is 1.14. The number of hydrogen-bond donors (Lipinski definition) is 1. The molecule has 1 amide bonds. The topological polar surface area (TPSA) is 47.9 Å². The fraction of sp³-hybridized carbons (Fsp3) is 0.333. The van der Waals surface area contributed by atoms with E-state index in [9.17, 15) is 4.79 Å². The predicted octanol–water partition coefficient (Wildman–Crippen LogP) is 0.685. The van der Waals surface area contributed by atoms with E-state index in [2.05, 4.69) is 21.3 Å². The van der Waals surface area contributed by atoms with Crippen LogP contribution in [0.25, 0.3) is 0 Å². The van der Waals surface area contributed by atoms with Crippen LogP contribution in [0.4, 0.5) is 11.4 Å². The SMILES string of the molecule is CN(C)c1cccc2c1CN1CC(=O)NC1=N2. The number of aliphatic imine (C=N–C) groups is 1. The van der Waals surface area contributed by atoms with E-state index in [0.717, 1.165) is 17.9 Å². The second-order valence-corrected chi connectivity index (χ2v) is 4.51. The molecule has 2 heterocycles. The first kappa shape index (κ1) is 10.1. The van der Waals surface area contributed by atoms with Crippen LogP contribution in [-0.4, -0.2) is 37.4 Å². The van der Waals surface area contributed by atoms with E-state index >= 15 is 0 Å². The second-order valence-electron chi connectivity index (χ2n) is 4.51. The molecular formula is C12H14N4O. The summed E-state index contributed by atoms with van der Waals surface area (Å²) in [5.41, 5.74) is 3.28. The fourth-order valence-electron chi connectivity index (χ4n) is 2.27. The van der Waals surface area contributed by atoms with Crippen molar-refractivity contribution in [2.45, 2.75) is 6.54 Å². The quantitative estimate of drug-likeness (QED) is 0.772. The first-order valence-electron chi connectivity index (χ1n) is 5.58. The molecule has 17 heavy (non-hydrogen) atoms. The Labute approximate surface area is 99.7 Å². The minimum atomic E-state index is 0.0166. The van der Waals surface area contributed by atoms with Crippen molar-refractivity contribution in [2.75, 3.05) is 25.5 Å². The Balaban J connectivity index is 2.08. The normalized spacial score (nSPS) is 17.2. The summed E-state index contributed by atoms with van der Waals surface area (Å²) in [5.74, 6) is 0.696. The molecule has 1 fully saturated rings. The van der Waals surface area contributed by atoms with E-state index in [0.29, 0.717) is 12.5 Å². The lowest BCUT2D eigenvalue weighted by atomic mass is 10.1. The number of benzene rings is 1. The van der Waals surface area contributed by atoms with Crippen LogP contribution in [0, 0.1) is 0 Å². The van der Waals surface area contributed by atoms with Gasteiger partial charge in [0, 0.05) is 25.3 Å². The lowest BCUT2D eigenvalue weighted by Gasteiger charge is -2.27. The molecule has 5 heteroatoms. The zero-order valence-electron chi connectivity index (χ0n) is 9.90. The number of guanidine groups is 1. The molecule has 0 spiro atoms. The maximum absolute atomic E-state index is 11.3. The molecule has 0 aliphatic carbocycles. The molecule has 0 unspecified atom stereocenters. The van der Waals surface area contributed by atoms with Crippen molar-refractivity contribution >= 4 is 23.2 Å². The smallest absolute Gasteiger partial charge is 0.246 e. The van der Waals surface area contributed by atoms with Crippen molar-refractivity contribution in [3.63, 3.8) is 0 Å². The molecule has 1 saturated heterocycles. The van der Waals surface area contributed by atoms with E-state index < -0.39 is 0 Å². The summed E-state index contributed by atoms with van der Waals surface area (Å²) in [5, 5.41) is 2.77. The number of fused-ring (bicyclic) bond motifs is 2. The van der Waals surface area contributed by atoms with Crippen LogP contribution in [0.1, 0.15) is 5.56 Å². The largest absolute Gasteiger partial charge is 0.377 e. The van der Waals surface area contributed by atoms with Crippen LogP contribution in [0.15, 0.2) is 23.2 Å². The molecule has 2 aliphatic rings. The van der Waals surface area contributed by atoms with Crippen LogP contribution < -0.4 is 10.2 Å². The molecule has 0 atom stereocenters. The molecule has 1 aromatic rings. The van der Waals surface area contributed by atoms with E-state index in [1.54, 1.807) is 0 Å². The van der Waals surface area contributed by atoms with E-state index in [-0.39, 0.29) is 5.91 Å². The standard InChI is InChI=1S/C12H14N4O/c1-15(2)10-5-3-4-9-8(10)6-16-7-11(17)14-12(16)13-9/h3-5H,6-7H2,1-2H3,(H,13,14,17). The fourth-order valence-corrected chi connectivity index (χ4v) is 2.27. The highest BCUT2D eigenvalue weighted by molar-refractivity contribution is 6.06. The first-order chi connectivity index (χ1) is 8.15. The van der Waals surface area contributed by atoms with Crippen LogP contribution in [0.3, 0.4) is 0 Å². The van der Waals surface area contributed by atoms with Gasteiger partial charge in [0.2, 0.25) is 11.9 Å². The molecule has 88 valence electrons. The third kappa shape index (κ3) is 1.54. The van der Waals surface area contributed by atoms with E-state index in [1.807, 2.05) is 31.1 Å². The van der Waals surface area contributed by atoms with Crippen molar-refractivity contribution < 1.29 is 4.79 Å². The molecule has 5 nitrogen and oxygen atoms in total. The van der Waals surface area contributed by atoms with Gasteiger partial charge in [-0.05, 0) is 12.1 Å². The number of amides is 1. The highest BCUT2D eigenvalue weighted by Gasteiger charge is 2.30. The second kappa shape index (κ2) is 3.48. The van der Waals surface area contributed by atoms with Crippen molar-refractivity contribution in [1.29, 1.82) is 0 Å². The summed E-state index contributed by atoms with van der Waals surface area (Å²) in [4.78, 5) is 19.9. The number of hydrogen-bond acceptors (Lipinski definition) is 4. The summed E-state index contributed by atoms with van der Waals surface area (Å²) < 4.78 is 0. The van der Waals surface area contributed by atoms with Gasteiger partial charge < -0.3 is 9.80 Å². The van der Waals surface area contributed by atoms with Gasteiger partial charge in [0.15, 0.2) is 0 Å². The van der Waals surface area contributed by atoms with Crippen molar-refractivity contribution in [1.82, 2.24) is 10.2 Å². The molecule has 0 saturated carbocycles. The molecular weight excluding hydrogens is 216 g/mol. The Kier molecular flexibility index (Phi) is 2.07. The molecule has 0 bridgehead atoms. The highest BCUT2D eigenvalue weighted by atomic mass is 16.2. The highest BCUT2D eigenvalue weighted by Crippen LogP contribution is 2.33. The zero-order valence-corrected chi connectivity index (χ0v) is 9.90. The number of anilines is 1. The number of rotatable bonds is 1. The molecule has 1 aromatic carbocycles. The van der Waals surface area contributed by atoms with Gasteiger partial charge in [-0.25, -0.2) is 4.99 Å². The molecule has 3 rings (SSSR count).